The predicted octanol–water partition coefficient (Wildman–Crippen LogP) is 1.30. The molecule has 1 aromatic heterocycles. The van der Waals surface area contributed by atoms with Crippen molar-refractivity contribution in [2.24, 2.45) is 7.05 Å². The summed E-state index contributed by atoms with van der Waals surface area (Å²) in [6, 6.07) is 4.49. The van der Waals surface area contributed by atoms with Gasteiger partial charge in [0.25, 0.3) is 5.91 Å². The molecule has 2 aliphatic rings. The number of methoxy groups -OCH3 is 1. The highest BCUT2D eigenvalue weighted by atomic mass is 35.5. The summed E-state index contributed by atoms with van der Waals surface area (Å²) < 4.78 is 40.3. The zero-order chi connectivity index (χ0) is 21.5. The Bertz CT molecular complexity index is 1080. The number of ether oxygens (including phenoxy) is 2. The third-order valence-corrected chi connectivity index (χ3v) is 7.55. The number of amides is 1. The quantitative estimate of drug-likeness (QED) is 0.691. The molecule has 30 heavy (non-hydrogen) atoms. The zero-order valence-electron chi connectivity index (χ0n) is 16.8. The van der Waals surface area contributed by atoms with E-state index in [0.29, 0.717) is 49.0 Å². The minimum Gasteiger partial charge on any atom is -0.495 e. The lowest BCUT2D eigenvalue weighted by Crippen LogP contribution is -2.42. The molecule has 0 N–H and O–H groups in total. The standard InChI is InChI=1S/C19H23ClN4O5S/c1-22-15-5-6-24(30(26,27)17-11-13(20)3-4-16(17)28-2)12-14(15)18(21-22)19(25)23-7-9-29-10-8-23/h3-4,11H,5-10,12H2,1-2H3. The molecule has 0 radical (unpaired) electrons. The highest BCUT2D eigenvalue weighted by Crippen LogP contribution is 2.33. The molecule has 0 unspecified atom stereocenters. The summed E-state index contributed by atoms with van der Waals surface area (Å²) in [6.45, 7) is 2.28. The minimum atomic E-state index is -3.89. The summed E-state index contributed by atoms with van der Waals surface area (Å²) in [5.74, 6) is 0.0238. The van der Waals surface area contributed by atoms with E-state index in [2.05, 4.69) is 5.10 Å². The van der Waals surface area contributed by atoms with Gasteiger partial charge in [0.05, 0.1) is 20.3 Å². The number of nitrogens with zero attached hydrogens (tertiary/aromatic N) is 4. The van der Waals surface area contributed by atoms with E-state index < -0.39 is 10.0 Å². The Labute approximate surface area is 180 Å². The van der Waals surface area contributed by atoms with Gasteiger partial charge in [-0.1, -0.05) is 11.6 Å². The predicted molar refractivity (Wildman–Crippen MR) is 109 cm³/mol. The van der Waals surface area contributed by atoms with Crippen LogP contribution in [-0.4, -0.2) is 73.3 Å². The maximum absolute atomic E-state index is 13.4. The molecule has 2 aliphatic heterocycles. The van der Waals surface area contributed by atoms with Gasteiger partial charge in [-0.2, -0.15) is 9.40 Å². The van der Waals surface area contributed by atoms with Crippen molar-refractivity contribution in [1.29, 1.82) is 0 Å². The van der Waals surface area contributed by atoms with Crippen molar-refractivity contribution in [3.63, 3.8) is 0 Å². The maximum atomic E-state index is 13.4. The molecule has 2 aromatic rings. The number of sulfonamides is 1. The van der Waals surface area contributed by atoms with Crippen LogP contribution < -0.4 is 4.74 Å². The Morgan fingerprint density at radius 1 is 1.23 bits per heavy atom. The van der Waals surface area contributed by atoms with Gasteiger partial charge in [-0.25, -0.2) is 8.42 Å². The van der Waals surface area contributed by atoms with Gasteiger partial charge in [0.2, 0.25) is 10.0 Å². The van der Waals surface area contributed by atoms with Crippen molar-refractivity contribution < 1.29 is 22.7 Å². The molecule has 0 atom stereocenters. The van der Waals surface area contributed by atoms with E-state index in [-0.39, 0.29) is 29.6 Å². The molecule has 1 fully saturated rings. The van der Waals surface area contributed by atoms with Crippen molar-refractivity contribution in [2.45, 2.75) is 17.9 Å². The van der Waals surface area contributed by atoms with Crippen molar-refractivity contribution >= 4 is 27.5 Å². The van der Waals surface area contributed by atoms with Crippen LogP contribution in [0.5, 0.6) is 5.75 Å². The molecule has 0 saturated carbocycles. The van der Waals surface area contributed by atoms with Gasteiger partial charge in [-0.05, 0) is 18.2 Å². The third-order valence-electron chi connectivity index (χ3n) is 5.45. The SMILES string of the molecule is COc1ccc(Cl)cc1S(=O)(=O)N1CCc2c(c(C(=O)N3CCOCC3)nn2C)C1. The minimum absolute atomic E-state index is 0.00546. The van der Waals surface area contributed by atoms with Gasteiger partial charge < -0.3 is 14.4 Å². The van der Waals surface area contributed by atoms with Gasteiger partial charge in [0, 0.05) is 55.9 Å². The molecular weight excluding hydrogens is 432 g/mol. The highest BCUT2D eigenvalue weighted by Gasteiger charge is 2.36. The number of fused-ring (bicyclic) bond motifs is 1. The molecular formula is C19H23ClN4O5S. The number of hydrogen-bond acceptors (Lipinski definition) is 6. The molecule has 1 aromatic carbocycles. The molecule has 0 spiro atoms. The largest absolute Gasteiger partial charge is 0.495 e. The lowest BCUT2D eigenvalue weighted by Gasteiger charge is -2.29. The average molecular weight is 455 g/mol. The fraction of sp³-hybridized carbons (Fsp3) is 0.474. The van der Waals surface area contributed by atoms with E-state index in [1.165, 1.54) is 23.5 Å². The summed E-state index contributed by atoms with van der Waals surface area (Å²) in [7, 11) is -0.696. The van der Waals surface area contributed by atoms with Crippen molar-refractivity contribution in [3.8, 4) is 5.75 Å². The molecule has 4 rings (SSSR count). The molecule has 0 aliphatic carbocycles. The first-order valence-electron chi connectivity index (χ1n) is 9.58. The zero-order valence-corrected chi connectivity index (χ0v) is 18.4. The van der Waals surface area contributed by atoms with Crippen LogP contribution in [0.2, 0.25) is 5.02 Å². The van der Waals surface area contributed by atoms with Crippen molar-refractivity contribution in [2.75, 3.05) is 40.0 Å². The lowest BCUT2D eigenvalue weighted by atomic mass is 10.1. The van der Waals surface area contributed by atoms with Crippen LogP contribution >= 0.6 is 11.6 Å². The van der Waals surface area contributed by atoms with Crippen LogP contribution in [-0.2, 0) is 34.8 Å². The summed E-state index contributed by atoms with van der Waals surface area (Å²) in [4.78, 5) is 14.7. The molecule has 1 amide bonds. The first-order chi connectivity index (χ1) is 14.3. The molecule has 3 heterocycles. The van der Waals surface area contributed by atoms with Crippen LogP contribution in [0.15, 0.2) is 23.1 Å². The van der Waals surface area contributed by atoms with E-state index >= 15 is 0 Å². The number of carbonyl (C=O) groups excluding carboxylic acids is 1. The summed E-state index contributed by atoms with van der Waals surface area (Å²) in [6.07, 6.45) is 0.456. The Hall–Kier alpha value is -2.14. The van der Waals surface area contributed by atoms with Crippen LogP contribution in [0, 0.1) is 0 Å². The number of carbonyl (C=O) groups is 1. The normalized spacial score (nSPS) is 17.6. The van der Waals surface area contributed by atoms with Crippen molar-refractivity contribution in [3.05, 3.63) is 40.2 Å². The molecule has 9 nitrogen and oxygen atoms in total. The number of morpholine rings is 1. The van der Waals surface area contributed by atoms with Crippen molar-refractivity contribution in [1.82, 2.24) is 19.0 Å². The second-order valence-corrected chi connectivity index (χ2v) is 9.53. The second kappa shape index (κ2) is 8.18. The van der Waals surface area contributed by atoms with Crippen LogP contribution in [0.3, 0.4) is 0 Å². The van der Waals surface area contributed by atoms with Gasteiger partial charge in [0.1, 0.15) is 10.6 Å². The lowest BCUT2D eigenvalue weighted by molar-refractivity contribution is 0.0297. The molecule has 0 bridgehead atoms. The maximum Gasteiger partial charge on any atom is 0.274 e. The van der Waals surface area contributed by atoms with E-state index in [4.69, 9.17) is 21.1 Å². The Morgan fingerprint density at radius 2 is 1.97 bits per heavy atom. The van der Waals surface area contributed by atoms with Crippen LogP contribution in [0.25, 0.3) is 0 Å². The van der Waals surface area contributed by atoms with E-state index in [9.17, 15) is 13.2 Å². The summed E-state index contributed by atoms with van der Waals surface area (Å²) >= 11 is 6.04. The fourth-order valence-corrected chi connectivity index (χ4v) is 5.68. The first-order valence-corrected chi connectivity index (χ1v) is 11.4. The number of halogens is 1. The fourth-order valence-electron chi connectivity index (χ4n) is 3.85. The number of aromatic nitrogens is 2. The second-order valence-electron chi connectivity index (χ2n) is 7.19. The number of hydrogen-bond donors (Lipinski definition) is 0. The van der Waals surface area contributed by atoms with Gasteiger partial charge in [-0.3, -0.25) is 9.48 Å². The van der Waals surface area contributed by atoms with E-state index in [1.54, 1.807) is 22.7 Å². The monoisotopic (exact) mass is 454 g/mol. The van der Waals surface area contributed by atoms with Crippen LogP contribution in [0.1, 0.15) is 21.7 Å². The summed E-state index contributed by atoms with van der Waals surface area (Å²) in [5, 5.41) is 4.72. The van der Waals surface area contributed by atoms with Gasteiger partial charge >= 0.3 is 0 Å². The first kappa shape index (κ1) is 21.1. The van der Waals surface area contributed by atoms with Gasteiger partial charge in [-0.15, -0.1) is 0 Å². The molecule has 11 heteroatoms. The number of aryl methyl sites for hydroxylation is 1. The average Bonchev–Trinajstić information content (AvgIpc) is 3.09. The smallest absolute Gasteiger partial charge is 0.274 e. The molecule has 162 valence electrons. The Morgan fingerprint density at radius 3 is 2.67 bits per heavy atom. The van der Waals surface area contributed by atoms with E-state index in [1.807, 2.05) is 0 Å². The summed E-state index contributed by atoms with van der Waals surface area (Å²) in [5.41, 5.74) is 1.81. The Kier molecular flexibility index (Phi) is 5.75. The molecule has 1 saturated heterocycles. The van der Waals surface area contributed by atoms with Gasteiger partial charge in [0.15, 0.2) is 5.69 Å². The number of rotatable bonds is 4. The topological polar surface area (TPSA) is 94.0 Å². The number of benzene rings is 1. The van der Waals surface area contributed by atoms with Crippen LogP contribution in [0.4, 0.5) is 0 Å². The highest BCUT2D eigenvalue weighted by molar-refractivity contribution is 7.89. The third kappa shape index (κ3) is 3.68. The van der Waals surface area contributed by atoms with E-state index in [0.717, 1.165) is 5.69 Å². The Balaban J connectivity index is 1.68.